The van der Waals surface area contributed by atoms with Crippen LogP contribution in [0.4, 0.5) is 20.2 Å². The molecule has 3 N–H and O–H groups in total. The second kappa shape index (κ2) is 12.7. The molecule has 258 valence electrons. The standard InChI is InChI=1S/C32H29ClF2N4O10/c1-13-24-27(25(33)28(26(13)35)38-7-17(8-38)37(4)10-22-14(2)46-31(43)48-22)39(21-6-20(36)19(34)5-16(21)11-40)9-18(29(24)41)30(42)45-12-23-15(3)47-32(44)49-23/h5-6,9,17,40H,7-8,10-12,36H2,1-4H3. The van der Waals surface area contributed by atoms with Gasteiger partial charge in [0.05, 0.1) is 46.1 Å². The summed E-state index contributed by atoms with van der Waals surface area (Å²) in [5.74, 6) is -3.97. The van der Waals surface area contributed by atoms with Crippen molar-refractivity contribution >= 4 is 39.8 Å². The van der Waals surface area contributed by atoms with E-state index in [2.05, 4.69) is 0 Å². The highest BCUT2D eigenvalue weighted by molar-refractivity contribution is 6.38. The van der Waals surface area contributed by atoms with Crippen molar-refractivity contribution in [2.75, 3.05) is 30.8 Å². The summed E-state index contributed by atoms with van der Waals surface area (Å²) in [7, 11) is 1.80. The second-order valence-electron chi connectivity index (χ2n) is 11.6. The third-order valence-electron chi connectivity index (χ3n) is 8.58. The first-order valence-corrected chi connectivity index (χ1v) is 15.1. The Morgan fingerprint density at radius 1 is 1.06 bits per heavy atom. The van der Waals surface area contributed by atoms with Crippen LogP contribution in [0.25, 0.3) is 16.6 Å². The van der Waals surface area contributed by atoms with E-state index in [0.29, 0.717) is 24.6 Å². The average Bonchev–Trinajstić information content (AvgIpc) is 3.53. The lowest BCUT2D eigenvalue weighted by atomic mass is 9.99. The maximum absolute atomic E-state index is 16.3. The number of aliphatic hydroxyl groups excluding tert-OH is 1. The van der Waals surface area contributed by atoms with E-state index >= 15 is 4.39 Å². The molecule has 0 bridgehead atoms. The summed E-state index contributed by atoms with van der Waals surface area (Å²) in [5, 5.41) is 9.67. The number of ether oxygens (including phenoxy) is 1. The summed E-state index contributed by atoms with van der Waals surface area (Å²) in [6.07, 6.45) is 1.08. The molecule has 14 nitrogen and oxygen atoms in total. The number of aryl methyl sites for hydroxylation is 3. The number of halogens is 3. The minimum atomic E-state index is -1.16. The number of fused-ring (bicyclic) bond motifs is 1. The van der Waals surface area contributed by atoms with Gasteiger partial charge in [-0.05, 0) is 40.0 Å². The van der Waals surface area contributed by atoms with Crippen molar-refractivity contribution in [2.24, 2.45) is 0 Å². The summed E-state index contributed by atoms with van der Waals surface area (Å²) in [6.45, 7) is 3.96. The number of hydrogen-bond acceptors (Lipinski definition) is 13. The minimum Gasteiger partial charge on any atom is -0.454 e. The Labute approximate surface area is 279 Å². The zero-order valence-electron chi connectivity index (χ0n) is 26.5. The van der Waals surface area contributed by atoms with Gasteiger partial charge in [-0.2, -0.15) is 0 Å². The normalized spacial score (nSPS) is 13.4. The van der Waals surface area contributed by atoms with Crippen LogP contribution in [0.1, 0.15) is 44.5 Å². The van der Waals surface area contributed by atoms with E-state index < -0.39 is 53.5 Å². The molecule has 17 heteroatoms. The average molecular weight is 703 g/mol. The number of hydrogen-bond donors (Lipinski definition) is 2. The number of nitrogens with two attached hydrogens (primary N) is 1. The molecule has 0 radical (unpaired) electrons. The van der Waals surface area contributed by atoms with Crippen molar-refractivity contribution in [2.45, 2.75) is 46.6 Å². The van der Waals surface area contributed by atoms with Gasteiger partial charge in [0.2, 0.25) is 5.43 Å². The first-order valence-electron chi connectivity index (χ1n) is 14.8. The van der Waals surface area contributed by atoms with Crippen LogP contribution in [0.2, 0.25) is 5.02 Å². The molecule has 0 amide bonds. The first kappa shape index (κ1) is 33.7. The monoisotopic (exact) mass is 702 g/mol. The van der Waals surface area contributed by atoms with Crippen molar-refractivity contribution in [3.8, 4) is 5.69 Å². The number of aliphatic hydroxyl groups is 1. The number of nitrogens with zero attached hydrogens (tertiary/aromatic N) is 3. The molecule has 6 rings (SSSR count). The molecule has 49 heavy (non-hydrogen) atoms. The van der Waals surface area contributed by atoms with Crippen molar-refractivity contribution < 1.29 is 41.1 Å². The van der Waals surface area contributed by atoms with Crippen LogP contribution in [0.3, 0.4) is 0 Å². The number of rotatable bonds is 9. The van der Waals surface area contributed by atoms with Gasteiger partial charge >= 0.3 is 17.6 Å². The molecule has 4 heterocycles. The largest absolute Gasteiger partial charge is 0.519 e. The van der Waals surface area contributed by atoms with Gasteiger partial charge in [0.1, 0.15) is 17.1 Å². The number of benzene rings is 2. The number of pyridine rings is 1. The van der Waals surface area contributed by atoms with Gasteiger partial charge in [0.25, 0.3) is 0 Å². The number of carbonyl (C=O) groups is 1. The summed E-state index contributed by atoms with van der Waals surface area (Å²) in [5.41, 5.74) is 3.92. The number of nitrogen functional groups attached to an aromatic ring is 1. The van der Waals surface area contributed by atoms with Crippen LogP contribution in [-0.4, -0.2) is 46.7 Å². The molecule has 1 aliphatic rings. The number of carbonyl (C=O) groups excluding carboxylic acids is 1. The van der Waals surface area contributed by atoms with E-state index in [9.17, 15) is 28.7 Å². The summed E-state index contributed by atoms with van der Waals surface area (Å²) in [6, 6.07) is 2.05. The number of esters is 1. The molecule has 0 spiro atoms. The highest BCUT2D eigenvalue weighted by atomic mass is 35.5. The summed E-state index contributed by atoms with van der Waals surface area (Å²) < 4.78 is 56.9. The lowest BCUT2D eigenvalue weighted by Gasteiger charge is -2.45. The van der Waals surface area contributed by atoms with E-state index in [1.54, 1.807) is 18.9 Å². The van der Waals surface area contributed by atoms with Gasteiger partial charge in [0, 0.05) is 36.5 Å². The van der Waals surface area contributed by atoms with Crippen molar-refractivity contribution in [1.82, 2.24) is 9.47 Å². The number of likely N-dealkylation sites (N-methyl/N-ethyl adjacent to an activating group) is 1. The molecular weight excluding hydrogens is 674 g/mol. The van der Waals surface area contributed by atoms with Crippen LogP contribution in [0.15, 0.2) is 50.4 Å². The van der Waals surface area contributed by atoms with Crippen LogP contribution in [-0.2, 0) is 24.5 Å². The molecule has 0 atom stereocenters. The Balaban J connectivity index is 1.46. The third-order valence-corrected chi connectivity index (χ3v) is 8.94. The zero-order chi connectivity index (χ0) is 35.5. The molecular formula is C32H29ClF2N4O10. The number of anilines is 2. The Kier molecular flexibility index (Phi) is 8.72. The molecule has 1 fully saturated rings. The molecule has 3 aromatic heterocycles. The van der Waals surface area contributed by atoms with Gasteiger partial charge in [-0.1, -0.05) is 11.6 Å². The number of aromatic nitrogens is 1. The third kappa shape index (κ3) is 5.91. The van der Waals surface area contributed by atoms with Gasteiger partial charge in [-0.25, -0.2) is 23.2 Å². The van der Waals surface area contributed by atoms with Gasteiger partial charge in [-0.15, -0.1) is 0 Å². The van der Waals surface area contributed by atoms with Crippen LogP contribution < -0.4 is 27.7 Å². The maximum atomic E-state index is 16.3. The molecule has 0 saturated carbocycles. The maximum Gasteiger partial charge on any atom is 0.519 e. The van der Waals surface area contributed by atoms with E-state index in [1.165, 1.54) is 24.5 Å². The van der Waals surface area contributed by atoms with Crippen molar-refractivity contribution in [3.05, 3.63) is 106 Å². The van der Waals surface area contributed by atoms with E-state index in [4.69, 9.17) is 39.7 Å². The highest BCUT2D eigenvalue weighted by Gasteiger charge is 2.36. The topological polar surface area (TPSA) is 188 Å². The van der Waals surface area contributed by atoms with Gasteiger partial charge < -0.3 is 42.7 Å². The fourth-order valence-corrected chi connectivity index (χ4v) is 6.15. The molecule has 2 aromatic carbocycles. The SMILES string of the molecule is Cc1oc(=O)oc1COC(=O)c1cn(-c2cc(N)c(F)cc2CO)c2c(Cl)c(N3CC(N(C)Cc4oc(=O)oc4C)C3)c(F)c(C)c2c1=O. The minimum absolute atomic E-state index is 0.0122. The second-order valence-corrected chi connectivity index (χ2v) is 12.0. The fourth-order valence-electron chi connectivity index (χ4n) is 5.76. The molecule has 5 aromatic rings. The smallest absolute Gasteiger partial charge is 0.454 e. The Hall–Kier alpha value is -5.19. The Morgan fingerprint density at radius 2 is 1.69 bits per heavy atom. The Bertz CT molecular complexity index is 2320. The van der Waals surface area contributed by atoms with E-state index in [-0.39, 0.29) is 68.2 Å². The zero-order valence-corrected chi connectivity index (χ0v) is 27.3. The first-order chi connectivity index (χ1) is 23.2. The van der Waals surface area contributed by atoms with Crippen molar-refractivity contribution in [1.29, 1.82) is 0 Å². The van der Waals surface area contributed by atoms with Crippen LogP contribution in [0.5, 0.6) is 0 Å². The van der Waals surface area contributed by atoms with E-state index in [1.807, 2.05) is 4.90 Å². The quantitative estimate of drug-likeness (QED) is 0.167. The Morgan fingerprint density at radius 3 is 2.29 bits per heavy atom. The lowest BCUT2D eigenvalue weighted by molar-refractivity contribution is 0.0441. The van der Waals surface area contributed by atoms with E-state index in [0.717, 1.165) is 12.3 Å². The molecule has 1 aliphatic heterocycles. The fraction of sp³-hybridized carbons (Fsp3) is 0.312. The summed E-state index contributed by atoms with van der Waals surface area (Å²) in [4.78, 5) is 53.7. The van der Waals surface area contributed by atoms with Crippen LogP contribution in [0, 0.1) is 32.4 Å². The predicted octanol–water partition coefficient (Wildman–Crippen LogP) is 3.69. The van der Waals surface area contributed by atoms with Crippen LogP contribution >= 0.6 is 11.6 Å². The lowest BCUT2D eigenvalue weighted by Crippen LogP contribution is -2.58. The summed E-state index contributed by atoms with van der Waals surface area (Å²) >= 11 is 6.94. The van der Waals surface area contributed by atoms with Gasteiger partial charge in [0.15, 0.2) is 29.7 Å². The predicted molar refractivity (Wildman–Crippen MR) is 170 cm³/mol. The highest BCUT2D eigenvalue weighted by Crippen LogP contribution is 2.41. The molecule has 0 unspecified atom stereocenters. The molecule has 1 saturated heterocycles. The van der Waals surface area contributed by atoms with Gasteiger partial charge in [-0.3, -0.25) is 9.69 Å². The van der Waals surface area contributed by atoms with Crippen molar-refractivity contribution in [3.63, 3.8) is 0 Å². The molecule has 0 aliphatic carbocycles.